The van der Waals surface area contributed by atoms with Gasteiger partial charge in [-0.2, -0.15) is 0 Å². The molecular weight excluding hydrogens is 262 g/mol. The van der Waals surface area contributed by atoms with Gasteiger partial charge >= 0.3 is 0 Å². The molecule has 2 N–H and O–H groups in total. The normalized spacial score (nSPS) is 28.8. The molecule has 5 heteroatoms. The molecule has 1 amide bonds. The van der Waals surface area contributed by atoms with E-state index in [-0.39, 0.29) is 23.8 Å². The summed E-state index contributed by atoms with van der Waals surface area (Å²) in [5, 5.41) is 0. The molecule has 1 heterocycles. The van der Waals surface area contributed by atoms with E-state index in [1.807, 2.05) is 4.90 Å². The molecule has 1 aliphatic heterocycles. The highest BCUT2D eigenvalue weighted by Gasteiger charge is 2.48. The van der Waals surface area contributed by atoms with E-state index in [9.17, 15) is 13.6 Å². The highest BCUT2D eigenvalue weighted by Crippen LogP contribution is 2.50. The summed E-state index contributed by atoms with van der Waals surface area (Å²) in [4.78, 5) is 14.2. The summed E-state index contributed by atoms with van der Waals surface area (Å²) in [6, 6.07) is 4.27. The van der Waals surface area contributed by atoms with Crippen molar-refractivity contribution in [2.75, 3.05) is 13.1 Å². The highest BCUT2D eigenvalue weighted by molar-refractivity contribution is 5.83. The van der Waals surface area contributed by atoms with Crippen molar-refractivity contribution >= 4 is 5.91 Å². The Hall–Kier alpha value is -1.49. The van der Waals surface area contributed by atoms with Crippen LogP contribution in [0.2, 0.25) is 0 Å². The number of amides is 1. The summed E-state index contributed by atoms with van der Waals surface area (Å²) in [6.07, 6.45) is 2.51. The molecule has 0 spiro atoms. The van der Waals surface area contributed by atoms with E-state index in [1.165, 1.54) is 6.07 Å². The predicted molar refractivity (Wildman–Crippen MR) is 71.0 cm³/mol. The van der Waals surface area contributed by atoms with Gasteiger partial charge in [0, 0.05) is 25.0 Å². The van der Waals surface area contributed by atoms with Crippen LogP contribution in [0.3, 0.4) is 0 Å². The number of hydrogen-bond donors (Lipinski definition) is 1. The second-order valence-electron chi connectivity index (χ2n) is 5.66. The fourth-order valence-corrected chi connectivity index (χ4v) is 3.20. The lowest BCUT2D eigenvalue weighted by atomic mass is 10.1. The first-order valence-corrected chi connectivity index (χ1v) is 7.08. The quantitative estimate of drug-likeness (QED) is 0.920. The maximum atomic E-state index is 13.7. The molecule has 3 rings (SSSR count). The number of carbonyl (C=O) groups excluding carboxylic acids is 1. The van der Waals surface area contributed by atoms with Crippen LogP contribution in [0.15, 0.2) is 18.2 Å². The number of halogens is 2. The second kappa shape index (κ2) is 5.13. The maximum Gasteiger partial charge on any atom is 0.226 e. The SMILES string of the molecule is NC[C@@H]1CCCN1C(=O)[C@@H]1C[C@@H]1c1cccc(F)c1F. The zero-order chi connectivity index (χ0) is 14.3. The van der Waals surface area contributed by atoms with Gasteiger partial charge in [-0.3, -0.25) is 4.79 Å². The molecular formula is C15H18F2N2O. The molecule has 3 nitrogen and oxygen atoms in total. The second-order valence-corrected chi connectivity index (χ2v) is 5.66. The molecule has 2 aliphatic rings. The minimum atomic E-state index is -0.846. The molecule has 108 valence electrons. The van der Waals surface area contributed by atoms with E-state index in [1.54, 1.807) is 6.07 Å². The Bertz CT molecular complexity index is 535. The van der Waals surface area contributed by atoms with Gasteiger partial charge in [0.2, 0.25) is 5.91 Å². The van der Waals surface area contributed by atoms with E-state index >= 15 is 0 Å². The van der Waals surface area contributed by atoms with Crippen molar-refractivity contribution in [2.45, 2.75) is 31.2 Å². The Morgan fingerprint density at radius 2 is 2.20 bits per heavy atom. The molecule has 1 aromatic rings. The van der Waals surface area contributed by atoms with Crippen molar-refractivity contribution in [3.05, 3.63) is 35.4 Å². The van der Waals surface area contributed by atoms with Crippen LogP contribution in [-0.2, 0) is 4.79 Å². The smallest absolute Gasteiger partial charge is 0.226 e. The monoisotopic (exact) mass is 280 g/mol. The fraction of sp³-hybridized carbons (Fsp3) is 0.533. The summed E-state index contributed by atoms with van der Waals surface area (Å²) in [5.74, 6) is -2.01. The van der Waals surface area contributed by atoms with Crippen molar-refractivity contribution in [2.24, 2.45) is 11.7 Å². The highest BCUT2D eigenvalue weighted by atomic mass is 19.2. The number of hydrogen-bond acceptors (Lipinski definition) is 2. The number of likely N-dealkylation sites (tertiary alicyclic amines) is 1. The van der Waals surface area contributed by atoms with Crippen molar-refractivity contribution in [1.29, 1.82) is 0 Å². The Morgan fingerprint density at radius 3 is 2.95 bits per heavy atom. The van der Waals surface area contributed by atoms with Gasteiger partial charge < -0.3 is 10.6 Å². The number of rotatable bonds is 3. The topological polar surface area (TPSA) is 46.3 Å². The minimum absolute atomic E-state index is 0.0478. The Kier molecular flexibility index (Phi) is 3.46. The largest absolute Gasteiger partial charge is 0.338 e. The summed E-state index contributed by atoms with van der Waals surface area (Å²) >= 11 is 0. The zero-order valence-corrected chi connectivity index (χ0v) is 11.2. The third-order valence-corrected chi connectivity index (χ3v) is 4.42. The molecule has 20 heavy (non-hydrogen) atoms. The van der Waals surface area contributed by atoms with Gasteiger partial charge in [-0.05, 0) is 36.8 Å². The summed E-state index contributed by atoms with van der Waals surface area (Å²) in [7, 11) is 0. The van der Waals surface area contributed by atoms with E-state index in [2.05, 4.69) is 0 Å². The van der Waals surface area contributed by atoms with Gasteiger partial charge in [0.1, 0.15) is 0 Å². The molecule has 0 radical (unpaired) electrons. The molecule has 0 bridgehead atoms. The van der Waals surface area contributed by atoms with Crippen LogP contribution >= 0.6 is 0 Å². The first kappa shape index (κ1) is 13.5. The van der Waals surface area contributed by atoms with Crippen LogP contribution < -0.4 is 5.73 Å². The van der Waals surface area contributed by atoms with Crippen molar-refractivity contribution in [1.82, 2.24) is 4.90 Å². The number of carbonyl (C=O) groups is 1. The van der Waals surface area contributed by atoms with E-state index in [4.69, 9.17) is 5.73 Å². The molecule has 2 fully saturated rings. The van der Waals surface area contributed by atoms with Crippen LogP contribution in [0.25, 0.3) is 0 Å². The number of nitrogens with two attached hydrogens (primary N) is 1. The molecule has 1 aromatic carbocycles. The third kappa shape index (κ3) is 2.20. The lowest BCUT2D eigenvalue weighted by Gasteiger charge is -2.23. The molecule has 3 atom stereocenters. The van der Waals surface area contributed by atoms with Gasteiger partial charge in [-0.25, -0.2) is 8.78 Å². The number of benzene rings is 1. The molecule has 0 unspecified atom stereocenters. The summed E-state index contributed by atoms with van der Waals surface area (Å²) < 4.78 is 27.0. The predicted octanol–water partition coefficient (Wildman–Crippen LogP) is 2.02. The van der Waals surface area contributed by atoms with Gasteiger partial charge in [0.05, 0.1) is 0 Å². The molecule has 0 aromatic heterocycles. The fourth-order valence-electron chi connectivity index (χ4n) is 3.20. The lowest BCUT2D eigenvalue weighted by molar-refractivity contribution is -0.133. The van der Waals surface area contributed by atoms with E-state index in [0.717, 1.165) is 25.5 Å². The van der Waals surface area contributed by atoms with Gasteiger partial charge in [-0.1, -0.05) is 12.1 Å². The Morgan fingerprint density at radius 1 is 1.40 bits per heavy atom. The van der Waals surface area contributed by atoms with Gasteiger partial charge in [0.15, 0.2) is 11.6 Å². The number of nitrogens with zero attached hydrogens (tertiary/aromatic N) is 1. The first-order chi connectivity index (χ1) is 9.63. The van der Waals surface area contributed by atoms with Crippen molar-refractivity contribution in [3.63, 3.8) is 0 Å². The van der Waals surface area contributed by atoms with E-state index in [0.29, 0.717) is 18.5 Å². The molecule has 1 saturated carbocycles. The lowest BCUT2D eigenvalue weighted by Crippen LogP contribution is -2.40. The molecule has 1 saturated heterocycles. The summed E-state index contributed by atoms with van der Waals surface area (Å²) in [6.45, 7) is 1.20. The van der Waals surface area contributed by atoms with Crippen LogP contribution in [0, 0.1) is 17.6 Å². The molecule has 1 aliphatic carbocycles. The third-order valence-electron chi connectivity index (χ3n) is 4.42. The summed E-state index contributed by atoms with van der Waals surface area (Å²) in [5.41, 5.74) is 5.99. The van der Waals surface area contributed by atoms with Gasteiger partial charge in [0.25, 0.3) is 0 Å². The maximum absolute atomic E-state index is 13.7. The average Bonchev–Trinajstić information content (AvgIpc) is 3.09. The van der Waals surface area contributed by atoms with Crippen LogP contribution in [0.1, 0.15) is 30.7 Å². The first-order valence-electron chi connectivity index (χ1n) is 7.08. The zero-order valence-electron chi connectivity index (χ0n) is 11.2. The Balaban J connectivity index is 1.72. The Labute approximate surface area is 116 Å². The van der Waals surface area contributed by atoms with Crippen LogP contribution in [0.5, 0.6) is 0 Å². The average molecular weight is 280 g/mol. The van der Waals surface area contributed by atoms with E-state index < -0.39 is 11.6 Å². The van der Waals surface area contributed by atoms with Crippen molar-refractivity contribution in [3.8, 4) is 0 Å². The van der Waals surface area contributed by atoms with Gasteiger partial charge in [-0.15, -0.1) is 0 Å². The standard InChI is InChI=1S/C15H18F2N2O/c16-13-5-1-4-10(14(13)17)11-7-12(11)15(20)19-6-2-3-9(19)8-18/h1,4-5,9,11-12H,2-3,6-8,18H2/t9-,11+,12+/m0/s1. The minimum Gasteiger partial charge on any atom is -0.338 e. The van der Waals surface area contributed by atoms with Crippen LogP contribution in [0.4, 0.5) is 8.78 Å². The van der Waals surface area contributed by atoms with Crippen LogP contribution in [-0.4, -0.2) is 29.9 Å². The van der Waals surface area contributed by atoms with Crippen molar-refractivity contribution < 1.29 is 13.6 Å².